The first kappa shape index (κ1) is 13.8. The number of benzene rings is 1. The van der Waals surface area contributed by atoms with Crippen LogP contribution in [0.3, 0.4) is 0 Å². The van der Waals surface area contributed by atoms with Crippen LogP contribution in [0.25, 0.3) is 6.08 Å². The molecular weight excluding hydrogens is 292 g/mol. The Balaban J connectivity index is 1.99. The zero-order valence-electron chi connectivity index (χ0n) is 11.1. The lowest BCUT2D eigenvalue weighted by molar-refractivity contribution is -0.205. The van der Waals surface area contributed by atoms with Gasteiger partial charge in [0.1, 0.15) is 0 Å². The Kier molecular flexibility index (Phi) is 4.25. The van der Waals surface area contributed by atoms with Crippen LogP contribution in [-0.4, -0.2) is 19.5 Å². The standard InChI is InChI=1S/C15H19BrO2/c1-15(2,3)14-17-9-12(10-18-14)8-11-4-6-13(16)7-5-11/h4-8,14H,9-10H2,1-3H3. The van der Waals surface area contributed by atoms with Crippen LogP contribution in [0.1, 0.15) is 26.3 Å². The largest absolute Gasteiger partial charge is 0.348 e. The maximum atomic E-state index is 5.75. The van der Waals surface area contributed by atoms with Crippen LogP contribution >= 0.6 is 15.9 Å². The van der Waals surface area contributed by atoms with Crippen molar-refractivity contribution in [2.45, 2.75) is 27.1 Å². The molecule has 0 saturated carbocycles. The molecule has 1 aromatic rings. The van der Waals surface area contributed by atoms with Gasteiger partial charge in [-0.05, 0) is 23.3 Å². The molecule has 98 valence electrons. The lowest BCUT2D eigenvalue weighted by Gasteiger charge is -2.34. The number of rotatable bonds is 1. The summed E-state index contributed by atoms with van der Waals surface area (Å²) in [5.74, 6) is 0. The van der Waals surface area contributed by atoms with E-state index in [1.165, 1.54) is 11.1 Å². The second-order valence-corrected chi connectivity index (χ2v) is 6.59. The highest BCUT2D eigenvalue weighted by molar-refractivity contribution is 9.10. The zero-order valence-corrected chi connectivity index (χ0v) is 12.7. The van der Waals surface area contributed by atoms with Gasteiger partial charge in [-0.15, -0.1) is 0 Å². The first-order valence-corrected chi connectivity index (χ1v) is 6.93. The van der Waals surface area contributed by atoms with Gasteiger partial charge in [-0.3, -0.25) is 0 Å². The summed E-state index contributed by atoms with van der Waals surface area (Å²) >= 11 is 3.43. The van der Waals surface area contributed by atoms with Crippen molar-refractivity contribution >= 4 is 22.0 Å². The van der Waals surface area contributed by atoms with E-state index in [0.29, 0.717) is 13.2 Å². The molecule has 0 aliphatic carbocycles. The van der Waals surface area contributed by atoms with Crippen LogP contribution in [0.2, 0.25) is 0 Å². The van der Waals surface area contributed by atoms with E-state index in [-0.39, 0.29) is 11.7 Å². The highest BCUT2D eigenvalue weighted by Gasteiger charge is 2.29. The van der Waals surface area contributed by atoms with Crippen molar-refractivity contribution in [2.24, 2.45) is 5.41 Å². The highest BCUT2D eigenvalue weighted by Crippen LogP contribution is 2.27. The fraction of sp³-hybridized carbons (Fsp3) is 0.467. The average Bonchev–Trinajstić information content (AvgIpc) is 2.32. The summed E-state index contributed by atoms with van der Waals surface area (Å²) < 4.78 is 12.6. The SMILES string of the molecule is CC(C)(C)C1OCC(=Cc2ccc(Br)cc2)CO1. The molecule has 1 aromatic carbocycles. The molecule has 1 aliphatic rings. The molecule has 2 nitrogen and oxygen atoms in total. The molecule has 2 rings (SSSR count). The van der Waals surface area contributed by atoms with Crippen LogP contribution in [-0.2, 0) is 9.47 Å². The van der Waals surface area contributed by atoms with Crippen molar-refractivity contribution in [3.8, 4) is 0 Å². The monoisotopic (exact) mass is 310 g/mol. The molecule has 1 heterocycles. The smallest absolute Gasteiger partial charge is 0.163 e. The summed E-state index contributed by atoms with van der Waals surface area (Å²) in [5, 5.41) is 0. The van der Waals surface area contributed by atoms with E-state index in [1.807, 2.05) is 12.1 Å². The van der Waals surface area contributed by atoms with Crippen molar-refractivity contribution in [3.05, 3.63) is 39.9 Å². The van der Waals surface area contributed by atoms with Gasteiger partial charge in [0, 0.05) is 9.89 Å². The van der Waals surface area contributed by atoms with Crippen molar-refractivity contribution < 1.29 is 9.47 Å². The predicted molar refractivity (Wildman–Crippen MR) is 77.3 cm³/mol. The normalized spacial score (nSPS) is 20.9. The van der Waals surface area contributed by atoms with Crippen molar-refractivity contribution in [3.63, 3.8) is 0 Å². The summed E-state index contributed by atoms with van der Waals surface area (Å²) in [5.41, 5.74) is 2.38. The molecule has 0 aromatic heterocycles. The van der Waals surface area contributed by atoms with E-state index in [4.69, 9.17) is 9.47 Å². The molecule has 0 atom stereocenters. The van der Waals surface area contributed by atoms with Gasteiger partial charge in [-0.1, -0.05) is 54.9 Å². The average molecular weight is 311 g/mol. The van der Waals surface area contributed by atoms with Crippen LogP contribution in [0.15, 0.2) is 34.3 Å². The minimum absolute atomic E-state index is 0.0309. The number of hydrogen-bond acceptors (Lipinski definition) is 2. The van der Waals surface area contributed by atoms with Crippen LogP contribution in [0.5, 0.6) is 0 Å². The molecule has 18 heavy (non-hydrogen) atoms. The minimum atomic E-state index is -0.112. The lowest BCUT2D eigenvalue weighted by atomic mass is 9.95. The second kappa shape index (κ2) is 5.55. The summed E-state index contributed by atoms with van der Waals surface area (Å²) in [6, 6.07) is 8.23. The van der Waals surface area contributed by atoms with E-state index in [1.54, 1.807) is 0 Å². The Morgan fingerprint density at radius 3 is 2.17 bits per heavy atom. The summed E-state index contributed by atoms with van der Waals surface area (Å²) in [7, 11) is 0. The van der Waals surface area contributed by atoms with Crippen LogP contribution < -0.4 is 0 Å². The molecule has 0 bridgehead atoms. The van der Waals surface area contributed by atoms with Crippen molar-refractivity contribution in [2.75, 3.05) is 13.2 Å². The zero-order chi connectivity index (χ0) is 13.2. The fourth-order valence-electron chi connectivity index (χ4n) is 1.83. The molecule has 0 spiro atoms. The van der Waals surface area contributed by atoms with E-state index in [9.17, 15) is 0 Å². The molecule has 0 N–H and O–H groups in total. The van der Waals surface area contributed by atoms with Gasteiger partial charge in [0.15, 0.2) is 6.29 Å². The van der Waals surface area contributed by atoms with E-state index in [2.05, 4.69) is 54.9 Å². The van der Waals surface area contributed by atoms with Crippen LogP contribution in [0, 0.1) is 5.41 Å². The van der Waals surface area contributed by atoms with Gasteiger partial charge in [0.25, 0.3) is 0 Å². The fourth-order valence-corrected chi connectivity index (χ4v) is 2.10. The third kappa shape index (κ3) is 3.67. The molecule has 0 unspecified atom stereocenters. The topological polar surface area (TPSA) is 18.5 Å². The molecule has 1 aliphatic heterocycles. The third-order valence-corrected chi connectivity index (χ3v) is 3.32. The number of halogens is 1. The van der Waals surface area contributed by atoms with Crippen LogP contribution in [0.4, 0.5) is 0 Å². The number of ether oxygens (including phenoxy) is 2. The van der Waals surface area contributed by atoms with E-state index >= 15 is 0 Å². The van der Waals surface area contributed by atoms with Crippen molar-refractivity contribution in [1.82, 2.24) is 0 Å². The number of hydrogen-bond donors (Lipinski definition) is 0. The first-order chi connectivity index (χ1) is 8.45. The molecule has 0 radical (unpaired) electrons. The lowest BCUT2D eigenvalue weighted by Crippen LogP contribution is -2.37. The Morgan fingerprint density at radius 1 is 1.11 bits per heavy atom. The molecular formula is C15H19BrO2. The third-order valence-electron chi connectivity index (χ3n) is 2.79. The first-order valence-electron chi connectivity index (χ1n) is 6.13. The second-order valence-electron chi connectivity index (χ2n) is 5.67. The Hall–Kier alpha value is -0.640. The summed E-state index contributed by atoms with van der Waals surface area (Å²) in [6.07, 6.45) is 2.02. The summed E-state index contributed by atoms with van der Waals surface area (Å²) in [6.45, 7) is 7.68. The molecule has 3 heteroatoms. The highest BCUT2D eigenvalue weighted by atomic mass is 79.9. The van der Waals surface area contributed by atoms with Gasteiger partial charge < -0.3 is 9.47 Å². The van der Waals surface area contributed by atoms with Crippen molar-refractivity contribution in [1.29, 1.82) is 0 Å². The van der Waals surface area contributed by atoms with Gasteiger partial charge in [0.05, 0.1) is 13.2 Å². The van der Waals surface area contributed by atoms with Gasteiger partial charge in [-0.25, -0.2) is 0 Å². The maximum absolute atomic E-state index is 5.75. The Labute approximate surface area is 117 Å². The Bertz CT molecular complexity index is 419. The molecule has 0 amide bonds. The van der Waals surface area contributed by atoms with E-state index in [0.717, 1.165) is 4.47 Å². The predicted octanol–water partition coefficient (Wildman–Crippen LogP) is 4.25. The summed E-state index contributed by atoms with van der Waals surface area (Å²) in [4.78, 5) is 0. The molecule has 1 fully saturated rings. The van der Waals surface area contributed by atoms with Gasteiger partial charge >= 0.3 is 0 Å². The van der Waals surface area contributed by atoms with Gasteiger partial charge in [-0.2, -0.15) is 0 Å². The van der Waals surface area contributed by atoms with Gasteiger partial charge in [0.2, 0.25) is 0 Å². The Morgan fingerprint density at radius 2 is 1.67 bits per heavy atom. The van der Waals surface area contributed by atoms with E-state index < -0.39 is 0 Å². The minimum Gasteiger partial charge on any atom is -0.348 e. The maximum Gasteiger partial charge on any atom is 0.163 e. The quantitative estimate of drug-likeness (QED) is 0.772. The molecule has 1 saturated heterocycles.